The Bertz CT molecular complexity index is 536. The van der Waals surface area contributed by atoms with Crippen molar-refractivity contribution in [2.45, 2.75) is 18.9 Å². The van der Waals surface area contributed by atoms with Gasteiger partial charge in [0.2, 0.25) is 0 Å². The molecule has 0 spiro atoms. The van der Waals surface area contributed by atoms with Gasteiger partial charge in [-0.3, -0.25) is 0 Å². The third kappa shape index (κ3) is 2.49. The fraction of sp³-hybridized carbons (Fsp3) is 0.294. The summed E-state index contributed by atoms with van der Waals surface area (Å²) in [4.78, 5) is 0. The van der Waals surface area contributed by atoms with Crippen LogP contribution in [0.15, 0.2) is 54.6 Å². The lowest BCUT2D eigenvalue weighted by molar-refractivity contribution is 0.413. The number of nitrogens with one attached hydrogen (secondary N) is 1. The second-order valence-corrected chi connectivity index (χ2v) is 5.23. The van der Waals surface area contributed by atoms with Crippen molar-refractivity contribution in [2.24, 2.45) is 11.7 Å². The van der Waals surface area contributed by atoms with Gasteiger partial charge >= 0.3 is 0 Å². The van der Waals surface area contributed by atoms with Crippen molar-refractivity contribution in [1.29, 1.82) is 0 Å². The number of para-hydroxylation sites is 1. The van der Waals surface area contributed by atoms with Crippen molar-refractivity contribution in [2.75, 3.05) is 11.9 Å². The third-order valence-electron chi connectivity index (χ3n) is 3.98. The highest BCUT2D eigenvalue weighted by Crippen LogP contribution is 2.37. The second-order valence-electron chi connectivity index (χ2n) is 5.23. The van der Waals surface area contributed by atoms with Crippen molar-refractivity contribution in [3.05, 3.63) is 65.7 Å². The zero-order valence-corrected chi connectivity index (χ0v) is 11.0. The Labute approximate surface area is 114 Å². The van der Waals surface area contributed by atoms with Crippen LogP contribution in [0.1, 0.15) is 23.6 Å². The number of nitrogens with two attached hydrogens (primary N) is 1. The van der Waals surface area contributed by atoms with Crippen LogP contribution in [0, 0.1) is 5.92 Å². The van der Waals surface area contributed by atoms with Crippen LogP contribution in [0.3, 0.4) is 0 Å². The molecule has 1 unspecified atom stereocenters. The maximum absolute atomic E-state index is 5.79. The van der Waals surface area contributed by atoms with Crippen molar-refractivity contribution in [3.8, 4) is 0 Å². The van der Waals surface area contributed by atoms with E-state index in [-0.39, 0.29) is 0 Å². The first-order valence-corrected chi connectivity index (χ1v) is 6.98. The number of hydrogen-bond donors (Lipinski definition) is 2. The molecule has 19 heavy (non-hydrogen) atoms. The minimum absolute atomic E-state index is 0.375. The lowest BCUT2D eigenvalue weighted by Crippen LogP contribution is -2.29. The summed E-state index contributed by atoms with van der Waals surface area (Å²) < 4.78 is 0. The van der Waals surface area contributed by atoms with E-state index in [4.69, 9.17) is 5.73 Å². The van der Waals surface area contributed by atoms with Gasteiger partial charge in [0.05, 0.1) is 6.04 Å². The van der Waals surface area contributed by atoms with Crippen LogP contribution in [0.2, 0.25) is 0 Å². The summed E-state index contributed by atoms with van der Waals surface area (Å²) in [6.07, 6.45) is 2.17. The number of rotatable bonds is 3. The summed E-state index contributed by atoms with van der Waals surface area (Å²) in [7, 11) is 0. The topological polar surface area (TPSA) is 38.0 Å². The van der Waals surface area contributed by atoms with E-state index < -0.39 is 0 Å². The van der Waals surface area contributed by atoms with Gasteiger partial charge in [0.1, 0.15) is 0 Å². The molecule has 0 saturated heterocycles. The van der Waals surface area contributed by atoms with E-state index in [1.54, 1.807) is 0 Å². The zero-order chi connectivity index (χ0) is 13.1. The van der Waals surface area contributed by atoms with Crippen LogP contribution in [0.25, 0.3) is 0 Å². The van der Waals surface area contributed by atoms with E-state index in [9.17, 15) is 0 Å². The summed E-state index contributed by atoms with van der Waals surface area (Å²) in [5.41, 5.74) is 9.83. The molecular weight excluding hydrogens is 232 g/mol. The average molecular weight is 252 g/mol. The number of fused-ring (bicyclic) bond motifs is 1. The van der Waals surface area contributed by atoms with Gasteiger partial charge in [-0.15, -0.1) is 0 Å². The van der Waals surface area contributed by atoms with Gasteiger partial charge in [0.25, 0.3) is 0 Å². The van der Waals surface area contributed by atoms with Crippen LogP contribution >= 0.6 is 0 Å². The maximum atomic E-state index is 5.79. The van der Waals surface area contributed by atoms with Gasteiger partial charge in [-0.2, -0.15) is 0 Å². The Kier molecular flexibility index (Phi) is 3.51. The molecule has 3 rings (SSSR count). The fourth-order valence-corrected chi connectivity index (χ4v) is 3.02. The van der Waals surface area contributed by atoms with E-state index in [1.165, 1.54) is 16.8 Å². The second kappa shape index (κ2) is 5.45. The molecule has 0 saturated carbocycles. The molecule has 0 fully saturated rings. The Morgan fingerprint density at radius 1 is 1.00 bits per heavy atom. The van der Waals surface area contributed by atoms with Gasteiger partial charge in [0, 0.05) is 5.69 Å². The van der Waals surface area contributed by atoms with E-state index in [0.29, 0.717) is 12.0 Å². The molecule has 2 aromatic carbocycles. The first kappa shape index (κ1) is 12.2. The highest BCUT2D eigenvalue weighted by atomic mass is 14.9. The Morgan fingerprint density at radius 2 is 1.74 bits per heavy atom. The van der Waals surface area contributed by atoms with Crippen molar-refractivity contribution < 1.29 is 0 Å². The molecule has 2 atom stereocenters. The quantitative estimate of drug-likeness (QED) is 0.879. The maximum Gasteiger partial charge on any atom is 0.0545 e. The largest absolute Gasteiger partial charge is 0.378 e. The minimum atomic E-state index is 0.375. The fourth-order valence-electron chi connectivity index (χ4n) is 3.02. The molecular formula is C17H20N2. The zero-order valence-electron chi connectivity index (χ0n) is 11.0. The first-order chi connectivity index (χ1) is 9.38. The highest BCUT2D eigenvalue weighted by molar-refractivity contribution is 5.55. The molecule has 3 N–H and O–H groups in total. The van der Waals surface area contributed by atoms with Gasteiger partial charge in [-0.1, -0.05) is 48.5 Å². The highest BCUT2D eigenvalue weighted by Gasteiger charge is 2.28. The number of anilines is 1. The molecule has 1 heterocycles. The monoisotopic (exact) mass is 252 g/mol. The predicted octanol–water partition coefficient (Wildman–Crippen LogP) is 3.36. The standard InChI is InChI=1S/C17H20N2/c18-11-10-15-12-14-8-4-5-9-16(14)19-17(15)13-6-2-1-3-7-13/h1-9,15,17,19H,10-12,18H2/t15-,17?/m0/s1. The average Bonchev–Trinajstić information content (AvgIpc) is 2.48. The van der Waals surface area contributed by atoms with E-state index >= 15 is 0 Å². The van der Waals surface area contributed by atoms with Gasteiger partial charge in [0.15, 0.2) is 0 Å². The summed E-state index contributed by atoms with van der Waals surface area (Å²) in [6.45, 7) is 0.748. The molecule has 0 aromatic heterocycles. The smallest absolute Gasteiger partial charge is 0.0545 e. The van der Waals surface area contributed by atoms with Gasteiger partial charge < -0.3 is 11.1 Å². The Balaban J connectivity index is 1.94. The molecule has 1 aliphatic heterocycles. The predicted molar refractivity (Wildman–Crippen MR) is 80.1 cm³/mol. The Morgan fingerprint density at radius 3 is 2.53 bits per heavy atom. The molecule has 0 radical (unpaired) electrons. The first-order valence-electron chi connectivity index (χ1n) is 6.98. The third-order valence-corrected chi connectivity index (χ3v) is 3.98. The van der Waals surface area contributed by atoms with Crippen LogP contribution in [-0.2, 0) is 6.42 Å². The molecule has 0 bridgehead atoms. The molecule has 98 valence electrons. The van der Waals surface area contributed by atoms with Gasteiger partial charge in [-0.25, -0.2) is 0 Å². The number of benzene rings is 2. The normalized spacial score (nSPS) is 21.5. The van der Waals surface area contributed by atoms with Crippen LogP contribution < -0.4 is 11.1 Å². The lowest BCUT2D eigenvalue weighted by atomic mass is 9.82. The van der Waals surface area contributed by atoms with Crippen LogP contribution in [0.4, 0.5) is 5.69 Å². The SMILES string of the molecule is NCC[C@H]1Cc2ccccc2NC1c1ccccc1. The van der Waals surface area contributed by atoms with Crippen molar-refractivity contribution >= 4 is 5.69 Å². The molecule has 0 aliphatic carbocycles. The van der Waals surface area contributed by atoms with E-state index in [0.717, 1.165) is 19.4 Å². The van der Waals surface area contributed by atoms with Crippen LogP contribution in [-0.4, -0.2) is 6.54 Å². The minimum Gasteiger partial charge on any atom is -0.378 e. The number of hydrogen-bond acceptors (Lipinski definition) is 2. The lowest BCUT2D eigenvalue weighted by Gasteiger charge is -2.35. The van der Waals surface area contributed by atoms with E-state index in [1.807, 2.05) is 0 Å². The van der Waals surface area contributed by atoms with Crippen molar-refractivity contribution in [1.82, 2.24) is 0 Å². The van der Waals surface area contributed by atoms with Gasteiger partial charge in [-0.05, 0) is 42.5 Å². The molecule has 2 nitrogen and oxygen atoms in total. The molecule has 1 aliphatic rings. The Hall–Kier alpha value is -1.80. The van der Waals surface area contributed by atoms with Crippen molar-refractivity contribution in [3.63, 3.8) is 0 Å². The molecule has 2 aromatic rings. The molecule has 2 heteroatoms. The van der Waals surface area contributed by atoms with Crippen LogP contribution in [0.5, 0.6) is 0 Å². The van der Waals surface area contributed by atoms with E-state index in [2.05, 4.69) is 59.9 Å². The summed E-state index contributed by atoms with van der Waals surface area (Å²) >= 11 is 0. The molecule has 0 amide bonds. The summed E-state index contributed by atoms with van der Waals surface area (Å²) in [5.74, 6) is 0.572. The summed E-state index contributed by atoms with van der Waals surface area (Å²) in [5, 5.41) is 3.69. The summed E-state index contributed by atoms with van der Waals surface area (Å²) in [6, 6.07) is 19.7.